The number of nitrogens with zero attached hydrogens (tertiary/aromatic N) is 3. The van der Waals surface area contributed by atoms with Crippen LogP contribution in [0.2, 0.25) is 0 Å². The number of hydrazone groups is 1. The molecule has 0 saturated carbocycles. The highest BCUT2D eigenvalue weighted by molar-refractivity contribution is 5.37. The van der Waals surface area contributed by atoms with E-state index in [4.69, 9.17) is 35.3 Å². The van der Waals surface area contributed by atoms with E-state index in [9.17, 15) is 0 Å². The molecule has 13 nitrogen and oxygen atoms in total. The highest BCUT2D eigenvalue weighted by atomic mass is 17.1. The zero-order valence-corrected chi connectivity index (χ0v) is 8.61. The zero-order valence-electron chi connectivity index (χ0n) is 8.61. The first-order valence-corrected chi connectivity index (χ1v) is 2.20. The fraction of sp³-hybridized carbons (Fsp3) is 0.600. The minimum absolute atomic E-state index is 0. The predicted molar refractivity (Wildman–Crippen MR) is 95.6 cm³/mol. The lowest BCUT2D eigenvalue weighted by Gasteiger charge is -1.63. The second-order valence-electron chi connectivity index (χ2n) is 0.605. The van der Waals surface area contributed by atoms with Gasteiger partial charge in [-0.15, -0.1) is 0 Å². The number of carbonyl (C=O) groups excluding carboxylic acids is 4. The molecule has 23 heavy (non-hydrogen) atoms. The molecule has 0 aromatic heterocycles. The number of hydrogen-bond donors (Lipinski definition) is 5. The van der Waals surface area contributed by atoms with Crippen molar-refractivity contribution in [2.75, 3.05) is 0 Å². The highest BCUT2D eigenvalue weighted by Gasteiger charge is 1.47. The summed E-state index contributed by atoms with van der Waals surface area (Å²) >= 11 is 0. The van der Waals surface area contributed by atoms with Crippen molar-refractivity contribution >= 4 is 24.7 Å². The Balaban J connectivity index is -0.00000000469. The maximum atomic E-state index is 8.76. The maximum Gasteiger partial charge on any atom is 0.330 e. The Kier molecular flexibility index (Phi) is 3770. The van der Waals surface area contributed by atoms with Crippen LogP contribution < -0.4 is 24.3 Å². The van der Waals surface area contributed by atoms with E-state index in [2.05, 4.69) is 15.8 Å². The van der Waals surface area contributed by atoms with Gasteiger partial charge in [0.25, 0.3) is 6.08 Å². The van der Waals surface area contributed by atoms with Gasteiger partial charge in [0.15, 0.2) is 0 Å². The average molecular weight is 351 g/mol. The molecule has 0 aromatic rings. The molecule has 0 aliphatic carbocycles. The molecule has 0 radical (unpaired) electrons. The van der Waals surface area contributed by atoms with Gasteiger partial charge in [-0.05, 0) is 12.2 Å². The molecular formula is C10H37N7O6-2. The topological polar surface area (TPSA) is 286 Å². The van der Waals surface area contributed by atoms with E-state index in [1.807, 2.05) is 0 Å². The van der Waals surface area contributed by atoms with E-state index >= 15 is 0 Å². The van der Waals surface area contributed by atoms with Crippen molar-refractivity contribution in [3.63, 3.8) is 0 Å². The highest BCUT2D eigenvalue weighted by Crippen LogP contribution is 1.33. The van der Waals surface area contributed by atoms with Gasteiger partial charge in [-0.2, -0.15) is 0 Å². The molecule has 0 aliphatic heterocycles. The van der Waals surface area contributed by atoms with E-state index < -0.39 is 0 Å². The molecule has 0 saturated heterocycles. The van der Waals surface area contributed by atoms with Gasteiger partial charge in [0.1, 0.15) is 0 Å². The molecule has 0 rings (SSSR count). The lowest BCUT2D eigenvalue weighted by molar-refractivity contribution is -0.217. The van der Waals surface area contributed by atoms with Gasteiger partial charge in [-0.1, -0.05) is 49.7 Å². The van der Waals surface area contributed by atoms with Crippen LogP contribution >= 0.6 is 0 Å². The Bertz CT molecular complexity index is 212. The summed E-state index contributed by atoms with van der Waals surface area (Å²) in [6, 6.07) is 0. The summed E-state index contributed by atoms with van der Waals surface area (Å²) in [5.74, 6) is 4.23. The minimum Gasteiger partial charge on any atom is -0.724 e. The zero-order chi connectivity index (χ0) is 12.2. The maximum absolute atomic E-state index is 8.76. The molecule has 150 valence electrons. The standard InChI is InChI=1S/CH2N2O.2CNO.CH2O3.6CH4.3H3N/c2-3-1-4;2*2-1-3;2-1-4-3;;;;;;;;;/h2H2;;;1,3H;6*1H4;3*1H3/q;2*-1;;;;;;;;;;. The van der Waals surface area contributed by atoms with E-state index in [0.29, 0.717) is 12.2 Å². The lowest BCUT2D eigenvalue weighted by Crippen LogP contribution is -1.71. The number of rotatable bonds is 1. The van der Waals surface area contributed by atoms with Crippen molar-refractivity contribution in [2.24, 2.45) is 10.9 Å². The third-order valence-corrected chi connectivity index (χ3v) is 0.0957. The van der Waals surface area contributed by atoms with Gasteiger partial charge in [-0.25, -0.2) is 10.1 Å². The fourth-order valence-corrected chi connectivity index (χ4v) is 0. The summed E-state index contributed by atoms with van der Waals surface area (Å²) in [6.45, 7) is -0.0694. The summed E-state index contributed by atoms with van der Waals surface area (Å²) in [5.41, 5.74) is 0. The van der Waals surface area contributed by atoms with Gasteiger partial charge in [-0.3, -0.25) is 14.4 Å². The Morgan fingerprint density at radius 1 is 0.870 bits per heavy atom. The summed E-state index contributed by atoms with van der Waals surface area (Å²) in [7, 11) is 0. The summed E-state index contributed by atoms with van der Waals surface area (Å²) < 4.78 is 0. The van der Waals surface area contributed by atoms with Crippen molar-refractivity contribution in [1.29, 1.82) is 0 Å². The molecule has 0 atom stereocenters. The fourth-order valence-electron chi connectivity index (χ4n) is 0. The Morgan fingerprint density at radius 3 is 0.957 bits per heavy atom. The van der Waals surface area contributed by atoms with E-state index in [0.717, 1.165) is 6.08 Å². The molecule has 0 heterocycles. The second-order valence-corrected chi connectivity index (χ2v) is 0.605. The summed E-state index contributed by atoms with van der Waals surface area (Å²) in [6.07, 6.45) is 2.08. The van der Waals surface area contributed by atoms with Crippen molar-refractivity contribution in [1.82, 2.24) is 18.5 Å². The number of hydrogen-bond acceptors (Lipinski definition) is 11. The predicted octanol–water partition coefficient (Wildman–Crippen LogP) is 2.91. The smallest absolute Gasteiger partial charge is 0.330 e. The van der Waals surface area contributed by atoms with Crippen LogP contribution in [0.3, 0.4) is 0 Å². The number of nitrogens with two attached hydrogens (primary N) is 1. The monoisotopic (exact) mass is 351 g/mol. The van der Waals surface area contributed by atoms with Crippen LogP contribution in [0.15, 0.2) is 5.10 Å². The summed E-state index contributed by atoms with van der Waals surface area (Å²) in [5, 5.41) is 23.0. The van der Waals surface area contributed by atoms with E-state index in [1.165, 1.54) is 0 Å². The van der Waals surface area contributed by atoms with E-state index in [-0.39, 0.29) is 69.5 Å². The van der Waals surface area contributed by atoms with Gasteiger partial charge in [0, 0.05) is 0 Å². The lowest BCUT2D eigenvalue weighted by atomic mass is 11.6. The van der Waals surface area contributed by atoms with Crippen LogP contribution in [-0.4, -0.2) is 30.0 Å². The van der Waals surface area contributed by atoms with Crippen molar-refractivity contribution < 1.29 is 29.3 Å². The third kappa shape index (κ3) is 10200. The van der Waals surface area contributed by atoms with Crippen molar-refractivity contribution in [3.05, 3.63) is 10.8 Å². The average Bonchev–Trinajstić information content (AvgIpc) is 2.20. The van der Waals surface area contributed by atoms with Crippen LogP contribution in [0, 0.1) is 0 Å². The van der Waals surface area contributed by atoms with Crippen LogP contribution in [0.5, 0.6) is 0 Å². The van der Waals surface area contributed by atoms with Crippen LogP contribution in [0.4, 0.5) is 0 Å². The number of isocyanates is 3. The van der Waals surface area contributed by atoms with Gasteiger partial charge in [0.05, 0.1) is 0 Å². The first-order valence-electron chi connectivity index (χ1n) is 2.20. The number of carbonyl (C=O) groups is 1. The molecule has 0 fully saturated rings. The molecular weight excluding hydrogens is 314 g/mol. The SMILES string of the molecule is C.C.C.C.C.C.N.N.N.NN=C=O.O=COO.[N-]=C=O.[N-]=C=O. The summed E-state index contributed by atoms with van der Waals surface area (Å²) in [4.78, 5) is 36.8. The second kappa shape index (κ2) is 607. The largest absolute Gasteiger partial charge is 0.724 e. The quantitative estimate of drug-likeness (QED) is 0.115. The molecule has 0 aromatic carbocycles. The Hall–Kier alpha value is -2.75. The Labute approximate surface area is 140 Å². The van der Waals surface area contributed by atoms with Crippen molar-refractivity contribution in [3.8, 4) is 0 Å². The molecule has 0 bridgehead atoms. The molecule has 0 spiro atoms. The van der Waals surface area contributed by atoms with Crippen molar-refractivity contribution in [2.45, 2.75) is 44.6 Å². The normalized spacial score (nSPS) is 2.30. The first-order chi connectivity index (χ1) is 6.66. The van der Waals surface area contributed by atoms with Crippen LogP contribution in [0.25, 0.3) is 10.8 Å². The Morgan fingerprint density at radius 2 is 0.957 bits per heavy atom. The molecule has 13 heteroatoms. The molecule has 0 unspecified atom stereocenters. The first kappa shape index (κ1) is 143. The van der Waals surface area contributed by atoms with Gasteiger partial charge in [0.2, 0.25) is 0 Å². The minimum atomic E-state index is -0.0694. The van der Waals surface area contributed by atoms with Crippen LogP contribution in [0.1, 0.15) is 44.6 Å². The molecule has 0 amide bonds. The van der Waals surface area contributed by atoms with Gasteiger partial charge >= 0.3 is 6.47 Å². The van der Waals surface area contributed by atoms with E-state index in [1.54, 1.807) is 0 Å². The third-order valence-electron chi connectivity index (χ3n) is 0.0957. The molecule has 0 aliphatic rings. The van der Waals surface area contributed by atoms with Gasteiger partial charge < -0.3 is 40.0 Å². The van der Waals surface area contributed by atoms with Crippen LogP contribution in [-0.2, 0) is 24.1 Å². The molecule has 12 N–H and O–H groups in total.